The van der Waals surface area contributed by atoms with E-state index in [0.717, 1.165) is 36.0 Å². The number of anilines is 1. The molecule has 1 N–H and O–H groups in total. The van der Waals surface area contributed by atoms with Crippen molar-refractivity contribution in [2.75, 3.05) is 10.6 Å². The summed E-state index contributed by atoms with van der Waals surface area (Å²) in [5.74, 6) is -0.261. The third kappa shape index (κ3) is 5.34. The van der Waals surface area contributed by atoms with Gasteiger partial charge in [-0.2, -0.15) is 0 Å². The van der Waals surface area contributed by atoms with Crippen molar-refractivity contribution in [1.29, 1.82) is 0 Å². The van der Waals surface area contributed by atoms with Crippen LogP contribution in [-0.2, 0) is 27.7 Å². The van der Waals surface area contributed by atoms with Crippen LogP contribution in [0.1, 0.15) is 73.4 Å². The van der Waals surface area contributed by atoms with Gasteiger partial charge in [-0.3, -0.25) is 9.10 Å². The van der Waals surface area contributed by atoms with Gasteiger partial charge in [-0.15, -0.1) is 0 Å². The highest BCUT2D eigenvalue weighted by Gasteiger charge is 2.33. The number of hydrogen-bond acceptors (Lipinski definition) is 3. The maximum atomic E-state index is 13.4. The lowest BCUT2D eigenvalue weighted by Crippen LogP contribution is -2.50. The Morgan fingerprint density at radius 3 is 2.31 bits per heavy atom. The first-order valence-corrected chi connectivity index (χ1v) is 13.5. The van der Waals surface area contributed by atoms with Gasteiger partial charge in [-0.05, 0) is 86.3 Å². The minimum Gasteiger partial charge on any atom is -0.347 e. The molecule has 174 valence electrons. The molecule has 0 fully saturated rings. The number of sulfonamides is 1. The van der Waals surface area contributed by atoms with E-state index in [0.29, 0.717) is 12.1 Å². The molecule has 0 aliphatic heterocycles. The molecule has 2 aromatic carbocycles. The van der Waals surface area contributed by atoms with Gasteiger partial charge in [0.2, 0.25) is 15.9 Å². The van der Waals surface area contributed by atoms with E-state index >= 15 is 0 Å². The second-order valence-electron chi connectivity index (χ2n) is 8.98. The fourth-order valence-electron chi connectivity index (χ4n) is 4.65. The Labute approximate surface area is 193 Å². The minimum absolute atomic E-state index is 0.149. The molecule has 5 nitrogen and oxygen atoms in total. The molecular formula is C26H36N2O3S. The molecule has 1 aliphatic rings. The summed E-state index contributed by atoms with van der Waals surface area (Å²) in [7, 11) is -3.66. The Kier molecular flexibility index (Phi) is 7.65. The second-order valence-corrected chi connectivity index (χ2v) is 10.8. The van der Waals surface area contributed by atoms with Crippen LogP contribution in [-0.4, -0.2) is 26.6 Å². The quantitative estimate of drug-likeness (QED) is 0.608. The Morgan fingerprint density at radius 1 is 1.00 bits per heavy atom. The third-order valence-corrected chi connectivity index (χ3v) is 7.60. The number of amides is 1. The molecule has 1 amide bonds. The highest BCUT2D eigenvalue weighted by molar-refractivity contribution is 7.92. The summed E-state index contributed by atoms with van der Waals surface area (Å²) in [6, 6.07) is 11.3. The second kappa shape index (κ2) is 10.1. The molecule has 2 aromatic rings. The summed E-state index contributed by atoms with van der Waals surface area (Å²) in [6.07, 6.45) is 6.94. The van der Waals surface area contributed by atoms with Crippen molar-refractivity contribution in [1.82, 2.24) is 5.32 Å². The van der Waals surface area contributed by atoms with Crippen LogP contribution in [0.15, 0.2) is 36.4 Å². The smallest absolute Gasteiger partial charge is 0.244 e. The Balaban J connectivity index is 1.91. The van der Waals surface area contributed by atoms with E-state index in [1.807, 2.05) is 45.9 Å². The molecule has 3 rings (SSSR count). The fraction of sp³-hybridized carbons (Fsp3) is 0.500. The van der Waals surface area contributed by atoms with Gasteiger partial charge in [-0.25, -0.2) is 8.42 Å². The summed E-state index contributed by atoms with van der Waals surface area (Å²) in [5, 5.41) is 3.15. The van der Waals surface area contributed by atoms with E-state index in [1.165, 1.54) is 34.5 Å². The maximum Gasteiger partial charge on any atom is 0.244 e. The SMILES string of the molecule is CC[C@H](NC(=O)[C@H](CC)N(c1cc(C)ccc1C)S(C)(=O)=O)c1ccc2c(c1)CCCC2. The largest absolute Gasteiger partial charge is 0.347 e. The molecule has 0 saturated heterocycles. The van der Waals surface area contributed by atoms with Crippen LogP contribution in [0.3, 0.4) is 0 Å². The van der Waals surface area contributed by atoms with Crippen molar-refractivity contribution in [3.05, 3.63) is 64.2 Å². The van der Waals surface area contributed by atoms with Crippen LogP contribution in [0, 0.1) is 13.8 Å². The summed E-state index contributed by atoms with van der Waals surface area (Å²) >= 11 is 0. The molecule has 0 spiro atoms. The first-order chi connectivity index (χ1) is 15.2. The first kappa shape index (κ1) is 24.3. The van der Waals surface area contributed by atoms with E-state index in [4.69, 9.17) is 0 Å². The van der Waals surface area contributed by atoms with Crippen LogP contribution >= 0.6 is 0 Å². The average Bonchev–Trinajstić information content (AvgIpc) is 2.76. The Bertz CT molecular complexity index is 1080. The number of carbonyl (C=O) groups is 1. The van der Waals surface area contributed by atoms with Gasteiger partial charge in [0, 0.05) is 0 Å². The Morgan fingerprint density at radius 2 is 1.69 bits per heavy atom. The number of hydrogen-bond donors (Lipinski definition) is 1. The van der Waals surface area contributed by atoms with Gasteiger partial charge in [0.05, 0.1) is 18.0 Å². The summed E-state index contributed by atoms with van der Waals surface area (Å²) in [5.41, 5.74) is 6.22. The summed E-state index contributed by atoms with van der Waals surface area (Å²) < 4.78 is 27.0. The minimum atomic E-state index is -3.66. The predicted octanol–water partition coefficient (Wildman–Crippen LogP) is 4.99. The normalized spacial score (nSPS) is 15.5. The number of nitrogens with one attached hydrogen (secondary N) is 1. The fourth-order valence-corrected chi connectivity index (χ4v) is 5.91. The first-order valence-electron chi connectivity index (χ1n) is 11.6. The molecule has 1 aliphatic carbocycles. The number of rotatable bonds is 8. The molecule has 0 aromatic heterocycles. The van der Waals surface area contributed by atoms with Crippen molar-refractivity contribution in [3.63, 3.8) is 0 Å². The molecular weight excluding hydrogens is 420 g/mol. The van der Waals surface area contributed by atoms with Gasteiger partial charge in [-0.1, -0.05) is 44.2 Å². The topological polar surface area (TPSA) is 66.5 Å². The zero-order valence-electron chi connectivity index (χ0n) is 19.9. The highest BCUT2D eigenvalue weighted by Crippen LogP contribution is 2.29. The van der Waals surface area contributed by atoms with Crippen molar-refractivity contribution in [2.45, 2.75) is 78.3 Å². The van der Waals surface area contributed by atoms with Crippen LogP contribution in [0.4, 0.5) is 5.69 Å². The van der Waals surface area contributed by atoms with Crippen molar-refractivity contribution in [3.8, 4) is 0 Å². The number of carbonyl (C=O) groups excluding carboxylic acids is 1. The third-order valence-electron chi connectivity index (χ3n) is 6.43. The van der Waals surface area contributed by atoms with Gasteiger partial charge in [0.15, 0.2) is 0 Å². The van der Waals surface area contributed by atoms with Crippen LogP contribution in [0.5, 0.6) is 0 Å². The van der Waals surface area contributed by atoms with E-state index in [1.54, 1.807) is 0 Å². The molecule has 6 heteroatoms. The van der Waals surface area contributed by atoms with Crippen molar-refractivity contribution < 1.29 is 13.2 Å². The lowest BCUT2D eigenvalue weighted by atomic mass is 9.88. The van der Waals surface area contributed by atoms with Crippen LogP contribution < -0.4 is 9.62 Å². The maximum absolute atomic E-state index is 13.4. The van der Waals surface area contributed by atoms with E-state index < -0.39 is 16.1 Å². The average molecular weight is 457 g/mol. The molecule has 0 bridgehead atoms. The van der Waals surface area contributed by atoms with Gasteiger partial charge < -0.3 is 5.32 Å². The lowest BCUT2D eigenvalue weighted by molar-refractivity contribution is -0.123. The Hall–Kier alpha value is -2.34. The van der Waals surface area contributed by atoms with Gasteiger partial charge in [0.1, 0.15) is 6.04 Å². The standard InChI is InChI=1S/C26H36N2O3S/c1-6-23(22-15-14-20-10-8-9-11-21(20)17-22)27-26(29)24(7-2)28(32(5,30)31)25-16-18(3)12-13-19(25)4/h12-17,23-24H,6-11H2,1-5H3,(H,27,29)/t23-,24-/m0/s1. The molecule has 2 atom stereocenters. The molecule has 0 radical (unpaired) electrons. The molecule has 0 unspecified atom stereocenters. The van der Waals surface area contributed by atoms with Gasteiger partial charge in [0.25, 0.3) is 0 Å². The van der Waals surface area contributed by atoms with Crippen LogP contribution in [0.2, 0.25) is 0 Å². The zero-order chi connectivity index (χ0) is 23.5. The zero-order valence-corrected chi connectivity index (χ0v) is 20.8. The van der Waals surface area contributed by atoms with Crippen molar-refractivity contribution >= 4 is 21.6 Å². The van der Waals surface area contributed by atoms with Crippen LogP contribution in [0.25, 0.3) is 0 Å². The number of aryl methyl sites for hydroxylation is 4. The monoisotopic (exact) mass is 456 g/mol. The van der Waals surface area contributed by atoms with E-state index in [9.17, 15) is 13.2 Å². The molecule has 0 saturated carbocycles. The number of benzene rings is 2. The van der Waals surface area contributed by atoms with Gasteiger partial charge >= 0.3 is 0 Å². The number of fused-ring (bicyclic) bond motifs is 1. The van der Waals surface area contributed by atoms with E-state index in [2.05, 4.69) is 23.5 Å². The summed E-state index contributed by atoms with van der Waals surface area (Å²) in [4.78, 5) is 13.4. The molecule has 32 heavy (non-hydrogen) atoms. The lowest BCUT2D eigenvalue weighted by Gasteiger charge is -2.32. The van der Waals surface area contributed by atoms with E-state index in [-0.39, 0.29) is 11.9 Å². The number of nitrogens with zero attached hydrogens (tertiary/aromatic N) is 1. The summed E-state index contributed by atoms with van der Waals surface area (Å²) in [6.45, 7) is 7.70. The van der Waals surface area contributed by atoms with Crippen molar-refractivity contribution in [2.24, 2.45) is 0 Å². The molecule has 0 heterocycles. The predicted molar refractivity (Wildman–Crippen MR) is 132 cm³/mol. The highest BCUT2D eigenvalue weighted by atomic mass is 32.2.